The molecule has 1 aliphatic rings. The number of rotatable bonds is 6. The Labute approximate surface area is 96.2 Å². The van der Waals surface area contributed by atoms with Crippen molar-refractivity contribution in [2.24, 2.45) is 0 Å². The van der Waals surface area contributed by atoms with Gasteiger partial charge in [0.25, 0.3) is 30.2 Å². The van der Waals surface area contributed by atoms with Crippen LogP contribution in [0.3, 0.4) is 0 Å². The second kappa shape index (κ2) is 7.43. The van der Waals surface area contributed by atoms with E-state index in [-0.39, 0.29) is 0 Å². The first kappa shape index (κ1) is 13.2. The number of hydrogen-bond acceptors (Lipinski definition) is 6. The van der Waals surface area contributed by atoms with Crippen LogP contribution in [0.25, 0.3) is 0 Å². The standard InChI is InChI=1S/C3H18B6N6/c1-10-4-9-14(5-11-2)7-13-8-15(9)6-12-3/h4-8,10-13H,1-3H3. The summed E-state index contributed by atoms with van der Waals surface area (Å²) >= 11 is 0. The predicted octanol–water partition coefficient (Wildman–Crippen LogP) is -5.75. The van der Waals surface area contributed by atoms with Gasteiger partial charge in [-0.1, -0.05) is 0 Å². The van der Waals surface area contributed by atoms with Crippen LogP contribution < -0.4 is 20.8 Å². The van der Waals surface area contributed by atoms with Crippen molar-refractivity contribution >= 4 is 44.4 Å². The van der Waals surface area contributed by atoms with Gasteiger partial charge in [0.2, 0.25) is 14.2 Å². The summed E-state index contributed by atoms with van der Waals surface area (Å²) < 4.78 is 4.74. The maximum absolute atomic E-state index is 3.39. The van der Waals surface area contributed by atoms with Gasteiger partial charge in [-0.15, -0.1) is 0 Å². The zero-order chi connectivity index (χ0) is 11.1. The van der Waals surface area contributed by atoms with Crippen molar-refractivity contribution in [3.8, 4) is 0 Å². The molecule has 1 aliphatic heterocycles. The van der Waals surface area contributed by atoms with Crippen molar-refractivity contribution in [1.29, 1.82) is 0 Å². The molecule has 0 aromatic carbocycles. The van der Waals surface area contributed by atoms with Gasteiger partial charge >= 0.3 is 0 Å². The van der Waals surface area contributed by atoms with Gasteiger partial charge in [-0.25, -0.2) is 0 Å². The highest BCUT2D eigenvalue weighted by molar-refractivity contribution is 7.17. The lowest BCUT2D eigenvalue weighted by Crippen LogP contribution is -2.74. The van der Waals surface area contributed by atoms with E-state index in [9.17, 15) is 0 Å². The van der Waals surface area contributed by atoms with Crippen molar-refractivity contribution < 1.29 is 0 Å². The highest BCUT2D eigenvalue weighted by Gasteiger charge is 2.33. The Morgan fingerprint density at radius 2 is 1.53 bits per heavy atom. The number of nitrogens with one attached hydrogen (secondary N) is 4. The molecule has 6 nitrogen and oxygen atoms in total. The predicted molar refractivity (Wildman–Crippen MR) is 75.5 cm³/mol. The van der Waals surface area contributed by atoms with E-state index in [4.69, 9.17) is 0 Å². The molecule has 1 rings (SSSR count). The van der Waals surface area contributed by atoms with Gasteiger partial charge in [-0.3, -0.25) is 0 Å². The minimum absolute atomic E-state index is 0.441. The van der Waals surface area contributed by atoms with Gasteiger partial charge < -0.3 is 30.1 Å². The summed E-state index contributed by atoms with van der Waals surface area (Å²) in [5.74, 6) is 0. The molecule has 0 aliphatic carbocycles. The summed E-state index contributed by atoms with van der Waals surface area (Å²) in [4.78, 5) is 0. The maximum atomic E-state index is 3.39. The van der Waals surface area contributed by atoms with Crippen molar-refractivity contribution in [3.05, 3.63) is 0 Å². The summed E-state index contributed by atoms with van der Waals surface area (Å²) in [7, 11) is 10.6. The Morgan fingerprint density at radius 1 is 1.00 bits per heavy atom. The quantitative estimate of drug-likeness (QED) is 0.323. The van der Waals surface area contributed by atoms with Crippen molar-refractivity contribution in [3.63, 3.8) is 0 Å². The van der Waals surface area contributed by atoms with E-state index in [0.29, 0.717) is 6.87 Å². The van der Waals surface area contributed by atoms with Crippen molar-refractivity contribution in [2.75, 3.05) is 21.1 Å². The molecule has 0 bridgehead atoms. The average Bonchev–Trinajstić information content (AvgIpc) is 2.23. The SMILES string of the molecule is CNBB1N(BNC)BNBN1BNC. The Hall–Kier alpha value is 0.150. The fourth-order valence-electron chi connectivity index (χ4n) is 1.95. The first-order valence-corrected chi connectivity index (χ1v) is 5.46. The molecule has 78 valence electrons. The Kier molecular flexibility index (Phi) is 6.54. The van der Waals surface area contributed by atoms with E-state index in [1.165, 1.54) is 0 Å². The van der Waals surface area contributed by atoms with Gasteiger partial charge in [0, 0.05) is 0 Å². The van der Waals surface area contributed by atoms with Gasteiger partial charge in [0.15, 0.2) is 0 Å². The average molecular weight is 203 g/mol. The lowest BCUT2D eigenvalue weighted by Gasteiger charge is -2.41. The van der Waals surface area contributed by atoms with E-state index in [1.54, 1.807) is 0 Å². The van der Waals surface area contributed by atoms with E-state index in [0.717, 1.165) is 37.5 Å². The summed E-state index contributed by atoms with van der Waals surface area (Å²) in [6.45, 7) is 0.441. The first-order chi connectivity index (χ1) is 7.33. The Morgan fingerprint density at radius 3 is 1.93 bits per heavy atom. The molecule has 12 heteroatoms. The van der Waals surface area contributed by atoms with E-state index >= 15 is 0 Å². The fraction of sp³-hybridized carbons (Fsp3) is 1.00. The van der Waals surface area contributed by atoms with Gasteiger partial charge in [0.1, 0.15) is 0 Å². The van der Waals surface area contributed by atoms with Crippen LogP contribution >= 0.6 is 0 Å². The Bertz CT molecular complexity index is 155. The van der Waals surface area contributed by atoms with Crippen molar-refractivity contribution in [1.82, 2.24) is 30.1 Å². The summed E-state index contributed by atoms with van der Waals surface area (Å²) in [6, 6.07) is 0. The van der Waals surface area contributed by atoms with Gasteiger partial charge in [0.05, 0.1) is 0 Å². The molecule has 0 radical (unpaired) electrons. The van der Waals surface area contributed by atoms with Crippen molar-refractivity contribution in [2.45, 2.75) is 0 Å². The third-order valence-electron chi connectivity index (χ3n) is 2.58. The van der Waals surface area contributed by atoms with Crippen LogP contribution in [-0.2, 0) is 0 Å². The minimum Gasteiger partial charge on any atom is -0.398 e. The highest BCUT2D eigenvalue weighted by atomic mass is 15.2. The van der Waals surface area contributed by atoms with Crippen LogP contribution in [0, 0.1) is 0 Å². The largest absolute Gasteiger partial charge is 0.398 e. The van der Waals surface area contributed by atoms with Crippen LogP contribution in [0.1, 0.15) is 0 Å². The molecule has 0 atom stereocenters. The van der Waals surface area contributed by atoms with Gasteiger partial charge in [-0.2, -0.15) is 0 Å². The molecular weight excluding hydrogens is 185 g/mol. The molecule has 0 unspecified atom stereocenters. The molecule has 4 N–H and O–H groups in total. The van der Waals surface area contributed by atoms with Crippen LogP contribution in [-0.4, -0.2) is 74.8 Å². The molecule has 1 fully saturated rings. The molecule has 15 heavy (non-hydrogen) atoms. The Balaban J connectivity index is 2.53. The lowest BCUT2D eigenvalue weighted by molar-refractivity contribution is 0.844. The molecule has 0 spiro atoms. The molecule has 0 aromatic rings. The summed E-state index contributed by atoms with van der Waals surface area (Å²) in [5, 5.41) is 13.0. The summed E-state index contributed by atoms with van der Waals surface area (Å²) in [6.07, 6.45) is 0. The molecule has 1 saturated heterocycles. The zero-order valence-electron chi connectivity index (χ0n) is 10.0. The second-order valence-electron chi connectivity index (χ2n) is 3.81. The van der Waals surface area contributed by atoms with Crippen LogP contribution in [0.2, 0.25) is 0 Å². The van der Waals surface area contributed by atoms with E-state index in [1.807, 2.05) is 21.1 Å². The zero-order valence-corrected chi connectivity index (χ0v) is 10.0. The third-order valence-corrected chi connectivity index (χ3v) is 2.58. The molecule has 0 saturated carbocycles. The number of nitrogens with zero attached hydrogens (tertiary/aromatic N) is 2. The van der Waals surface area contributed by atoms with E-state index < -0.39 is 0 Å². The topological polar surface area (TPSA) is 54.6 Å². The molecular formula is C3H18B6N6. The lowest BCUT2D eigenvalue weighted by atomic mass is 9.33. The molecule has 0 amide bonds. The third kappa shape index (κ3) is 3.90. The second-order valence-corrected chi connectivity index (χ2v) is 3.81. The normalized spacial score (nSPS) is 17.9. The highest BCUT2D eigenvalue weighted by Crippen LogP contribution is 1.96. The van der Waals surface area contributed by atoms with Crippen LogP contribution in [0.15, 0.2) is 0 Å². The fourth-order valence-corrected chi connectivity index (χ4v) is 1.95. The van der Waals surface area contributed by atoms with Crippen LogP contribution in [0.5, 0.6) is 0 Å². The minimum atomic E-state index is 0.441. The maximum Gasteiger partial charge on any atom is 0.267 e. The first-order valence-electron chi connectivity index (χ1n) is 5.46. The molecule has 0 aromatic heterocycles. The summed E-state index contributed by atoms with van der Waals surface area (Å²) in [5.41, 5.74) is 0. The number of hydrogen-bond donors (Lipinski definition) is 4. The van der Waals surface area contributed by atoms with Crippen LogP contribution in [0.4, 0.5) is 0 Å². The van der Waals surface area contributed by atoms with E-state index in [2.05, 4.69) is 30.1 Å². The molecule has 1 heterocycles. The van der Waals surface area contributed by atoms with Gasteiger partial charge in [-0.05, 0) is 21.1 Å². The smallest absolute Gasteiger partial charge is 0.267 e. The monoisotopic (exact) mass is 204 g/mol.